The van der Waals surface area contributed by atoms with Gasteiger partial charge in [0.25, 0.3) is 0 Å². The summed E-state index contributed by atoms with van der Waals surface area (Å²) in [4.78, 5) is 14.9. The van der Waals surface area contributed by atoms with E-state index in [0.717, 1.165) is 27.8 Å². The molecule has 4 heteroatoms. The second kappa shape index (κ2) is 12.6. The molecule has 256 valence electrons. The van der Waals surface area contributed by atoms with E-state index in [2.05, 4.69) is 138 Å². The van der Waals surface area contributed by atoms with Crippen LogP contribution in [0.3, 0.4) is 0 Å². The zero-order valence-electron chi connectivity index (χ0n) is 29.8. The number of benzene rings is 9. The fourth-order valence-electron chi connectivity index (χ4n) is 8.22. The largest absolute Gasteiger partial charge is 0.309 e. The Morgan fingerprint density at radius 3 is 1.58 bits per heavy atom. The summed E-state index contributed by atoms with van der Waals surface area (Å²) in [6.45, 7) is 0. The molecule has 0 saturated carbocycles. The van der Waals surface area contributed by atoms with Crippen LogP contribution >= 0.6 is 0 Å². The van der Waals surface area contributed by atoms with Gasteiger partial charge in [-0.25, -0.2) is 15.0 Å². The summed E-state index contributed by atoms with van der Waals surface area (Å²) in [5, 5.41) is 9.90. The molecule has 0 N–H and O–H groups in total. The topological polar surface area (TPSA) is 43.6 Å². The monoisotopic (exact) mass is 700 g/mol. The van der Waals surface area contributed by atoms with Crippen molar-refractivity contribution < 1.29 is 0 Å². The fraction of sp³-hybridized carbons (Fsp3) is 0. The normalized spacial score (nSPS) is 11.6. The van der Waals surface area contributed by atoms with E-state index >= 15 is 0 Å². The lowest BCUT2D eigenvalue weighted by Gasteiger charge is -2.14. The Morgan fingerprint density at radius 1 is 0.291 bits per heavy atom. The van der Waals surface area contributed by atoms with E-state index < -0.39 is 0 Å². The van der Waals surface area contributed by atoms with Crippen molar-refractivity contribution in [3.8, 4) is 51.0 Å². The molecule has 4 nitrogen and oxygen atoms in total. The maximum Gasteiger partial charge on any atom is 0.164 e. The summed E-state index contributed by atoms with van der Waals surface area (Å²) in [7, 11) is 0. The first kappa shape index (κ1) is 31.1. The van der Waals surface area contributed by atoms with Gasteiger partial charge in [-0.1, -0.05) is 164 Å². The minimum atomic E-state index is 0.642. The Morgan fingerprint density at radius 2 is 0.836 bits per heavy atom. The predicted molar refractivity (Wildman–Crippen MR) is 228 cm³/mol. The third-order valence-corrected chi connectivity index (χ3v) is 10.8. The highest BCUT2D eigenvalue weighted by molar-refractivity contribution is 6.23. The smallest absolute Gasteiger partial charge is 0.164 e. The van der Waals surface area contributed by atoms with Gasteiger partial charge in [-0.15, -0.1) is 0 Å². The van der Waals surface area contributed by atoms with Crippen LogP contribution in [0.15, 0.2) is 194 Å². The summed E-state index contributed by atoms with van der Waals surface area (Å²) in [5.74, 6) is 1.94. The van der Waals surface area contributed by atoms with Crippen LogP contribution in [0.25, 0.3) is 105 Å². The predicted octanol–water partition coefficient (Wildman–Crippen LogP) is 13.1. The molecule has 0 spiro atoms. The number of hydrogen-bond acceptors (Lipinski definition) is 3. The fourth-order valence-corrected chi connectivity index (χ4v) is 8.22. The molecule has 0 unspecified atom stereocenters. The first-order valence-electron chi connectivity index (χ1n) is 18.6. The molecule has 0 aliphatic carbocycles. The number of rotatable bonds is 5. The van der Waals surface area contributed by atoms with Gasteiger partial charge in [0, 0.05) is 32.8 Å². The van der Waals surface area contributed by atoms with E-state index in [0.29, 0.717) is 17.5 Å². The molecule has 0 bridgehead atoms. The van der Waals surface area contributed by atoms with Gasteiger partial charge in [0.2, 0.25) is 0 Å². The van der Waals surface area contributed by atoms with E-state index in [1.807, 2.05) is 60.7 Å². The van der Waals surface area contributed by atoms with Gasteiger partial charge in [0.1, 0.15) is 0 Å². The van der Waals surface area contributed by atoms with Gasteiger partial charge >= 0.3 is 0 Å². The Kier molecular flexibility index (Phi) is 7.14. The zero-order chi connectivity index (χ0) is 36.3. The van der Waals surface area contributed by atoms with Gasteiger partial charge in [-0.3, -0.25) is 0 Å². The second-order valence-electron chi connectivity index (χ2n) is 14.0. The molecule has 11 rings (SSSR count). The van der Waals surface area contributed by atoms with Crippen LogP contribution in [-0.2, 0) is 0 Å². The molecule has 9 aromatic carbocycles. The molecule has 0 amide bonds. The number of fused-ring (bicyclic) bond motifs is 8. The van der Waals surface area contributed by atoms with Crippen molar-refractivity contribution in [3.05, 3.63) is 194 Å². The molecular weight excluding hydrogens is 669 g/mol. The quantitative estimate of drug-likeness (QED) is 0.168. The lowest BCUT2D eigenvalue weighted by molar-refractivity contribution is 1.07. The van der Waals surface area contributed by atoms with Crippen molar-refractivity contribution in [2.45, 2.75) is 0 Å². The number of aromatic nitrogens is 4. The first-order chi connectivity index (χ1) is 27.3. The lowest BCUT2D eigenvalue weighted by atomic mass is 9.97. The van der Waals surface area contributed by atoms with Crippen LogP contribution in [0.1, 0.15) is 0 Å². The van der Waals surface area contributed by atoms with Crippen LogP contribution in [0, 0.1) is 0 Å². The number of hydrogen-bond donors (Lipinski definition) is 0. The highest BCUT2D eigenvalue weighted by Crippen LogP contribution is 2.41. The SMILES string of the molecule is c1ccc(-c2nc(-c3ccccc3)nc(-c3cccc(-c4ccc5ccc6c(c5c4)c4ccccc4n6-c4cc5ccccc5c5ccccc45)c3)n2)cc1. The summed E-state index contributed by atoms with van der Waals surface area (Å²) >= 11 is 0. The molecule has 0 aliphatic rings. The molecular formula is C51H32N4. The van der Waals surface area contributed by atoms with Gasteiger partial charge in [-0.2, -0.15) is 0 Å². The van der Waals surface area contributed by atoms with Crippen LogP contribution in [0.2, 0.25) is 0 Å². The van der Waals surface area contributed by atoms with E-state index in [1.54, 1.807) is 0 Å². The summed E-state index contributed by atoms with van der Waals surface area (Å²) in [5.41, 5.74) is 8.64. The second-order valence-corrected chi connectivity index (χ2v) is 14.0. The Labute approximate surface area is 317 Å². The number of nitrogens with zero attached hydrogens (tertiary/aromatic N) is 4. The Bertz CT molecular complexity index is 3200. The van der Waals surface area contributed by atoms with Gasteiger partial charge in [0.15, 0.2) is 17.5 Å². The maximum atomic E-state index is 5.01. The summed E-state index contributed by atoms with van der Waals surface area (Å²) < 4.78 is 2.46. The average molecular weight is 701 g/mol. The lowest BCUT2D eigenvalue weighted by Crippen LogP contribution is -2.00. The minimum absolute atomic E-state index is 0.642. The van der Waals surface area contributed by atoms with Crippen molar-refractivity contribution in [1.82, 2.24) is 19.5 Å². The summed E-state index contributed by atoms with van der Waals surface area (Å²) in [6.07, 6.45) is 0. The zero-order valence-corrected chi connectivity index (χ0v) is 29.8. The van der Waals surface area contributed by atoms with Crippen molar-refractivity contribution >= 4 is 54.1 Å². The molecule has 11 aromatic rings. The Balaban J connectivity index is 1.10. The standard InChI is InChI=1S/C51H32N4/c1-3-14-34(15-4-1)49-52-50(35-16-5-2-6-17-35)54-51(53-49)39-20-13-19-36(30-39)37-27-26-33-28-29-46-48(44(33)31-37)43-24-11-12-25-45(43)55(46)47-32-38-18-7-8-21-40(38)41-22-9-10-23-42(41)47/h1-32H. The van der Waals surface area contributed by atoms with Crippen LogP contribution < -0.4 is 0 Å². The van der Waals surface area contributed by atoms with Crippen LogP contribution in [-0.4, -0.2) is 19.5 Å². The molecule has 0 aliphatic heterocycles. The highest BCUT2D eigenvalue weighted by Gasteiger charge is 2.18. The van der Waals surface area contributed by atoms with E-state index in [-0.39, 0.29) is 0 Å². The van der Waals surface area contributed by atoms with Crippen LogP contribution in [0.4, 0.5) is 0 Å². The van der Waals surface area contributed by atoms with Crippen LogP contribution in [0.5, 0.6) is 0 Å². The van der Waals surface area contributed by atoms with Gasteiger partial charge in [0.05, 0.1) is 16.7 Å². The first-order valence-corrected chi connectivity index (χ1v) is 18.6. The van der Waals surface area contributed by atoms with Crippen molar-refractivity contribution in [3.63, 3.8) is 0 Å². The molecule has 0 fully saturated rings. The van der Waals surface area contributed by atoms with Gasteiger partial charge < -0.3 is 4.57 Å². The summed E-state index contributed by atoms with van der Waals surface area (Å²) in [6, 6.07) is 68.8. The van der Waals surface area contributed by atoms with Crippen molar-refractivity contribution in [2.24, 2.45) is 0 Å². The Hall–Kier alpha value is -7.43. The molecule has 0 saturated heterocycles. The minimum Gasteiger partial charge on any atom is -0.309 e. The third-order valence-electron chi connectivity index (χ3n) is 10.8. The van der Waals surface area contributed by atoms with E-state index in [1.165, 1.54) is 59.8 Å². The number of para-hydroxylation sites is 1. The maximum absolute atomic E-state index is 5.01. The molecule has 0 radical (unpaired) electrons. The van der Waals surface area contributed by atoms with Gasteiger partial charge in [-0.05, 0) is 68.4 Å². The van der Waals surface area contributed by atoms with Crippen molar-refractivity contribution in [2.75, 3.05) is 0 Å². The highest BCUT2D eigenvalue weighted by atomic mass is 15.0. The molecule has 55 heavy (non-hydrogen) atoms. The third kappa shape index (κ3) is 5.19. The van der Waals surface area contributed by atoms with Crippen molar-refractivity contribution in [1.29, 1.82) is 0 Å². The molecule has 2 aromatic heterocycles. The molecule has 0 atom stereocenters. The average Bonchev–Trinajstić information content (AvgIpc) is 3.61. The molecule has 2 heterocycles. The van der Waals surface area contributed by atoms with E-state index in [4.69, 9.17) is 15.0 Å². The van der Waals surface area contributed by atoms with E-state index in [9.17, 15) is 0 Å².